The average Bonchev–Trinajstić information content (AvgIpc) is 3.99. The smallest absolute Gasteiger partial charge is 0.252 e. The number of benzene rings is 8. The summed E-state index contributed by atoms with van der Waals surface area (Å²) in [5.41, 5.74) is 25.7. The summed E-state index contributed by atoms with van der Waals surface area (Å²) in [6, 6.07) is 59.0. The van der Waals surface area contributed by atoms with Crippen LogP contribution in [0.3, 0.4) is 0 Å². The Balaban J connectivity index is 1.19. The van der Waals surface area contributed by atoms with Crippen LogP contribution in [-0.4, -0.2) is 12.3 Å². The van der Waals surface area contributed by atoms with Gasteiger partial charge in [0.15, 0.2) is 0 Å². The normalized spacial score (nSPS) is 19.9. The molecule has 0 spiro atoms. The Hall–Kier alpha value is -6.56. The van der Waals surface area contributed by atoms with E-state index in [1.807, 2.05) is 11.3 Å². The van der Waals surface area contributed by atoms with Gasteiger partial charge in [-0.05, 0) is 169 Å². The van der Waals surface area contributed by atoms with Gasteiger partial charge in [-0.2, -0.15) is 0 Å². The summed E-state index contributed by atoms with van der Waals surface area (Å²) in [6.07, 6.45) is 4.73. The maximum Gasteiger partial charge on any atom is 0.252 e. The summed E-state index contributed by atoms with van der Waals surface area (Å²) in [7, 11) is 0. The van der Waals surface area contributed by atoms with Gasteiger partial charge in [0.1, 0.15) is 0 Å². The first-order valence-electron chi connectivity index (χ1n) is 29.9. The maximum absolute atomic E-state index is 2.86. The largest absolute Gasteiger partial charge is 0.334 e. The molecular weight excluding hydrogens is 986 g/mol. The SMILES string of the molecule is CC(C)(C)c1cccc(N2c3cc(C(C)(C)C)ccc3B3c4ccc5sc6ccc7cc6c5c4N(c4cc(c(C(C)(C)C)cc4-c4ccccc4)C7(C)C)c4cc(N5c6ccc(C(C)(C)C)cc6C6(C)CCCCC56C)cc2c43)c1. The van der Waals surface area contributed by atoms with Crippen molar-refractivity contribution in [3.8, 4) is 11.1 Å². The first-order valence-corrected chi connectivity index (χ1v) is 30.7. The fourth-order valence-corrected chi connectivity index (χ4v) is 16.6. The van der Waals surface area contributed by atoms with Crippen LogP contribution < -0.4 is 31.1 Å². The second kappa shape index (κ2) is 16.8. The molecule has 4 bridgehead atoms. The van der Waals surface area contributed by atoms with Gasteiger partial charge in [0.05, 0.1) is 16.9 Å². The quantitative estimate of drug-likeness (QED) is 0.163. The van der Waals surface area contributed by atoms with Crippen molar-refractivity contribution >= 4 is 100 Å². The number of hydrogen-bond acceptors (Lipinski definition) is 4. The minimum Gasteiger partial charge on any atom is -0.334 e. The van der Waals surface area contributed by atoms with Crippen molar-refractivity contribution in [2.45, 2.75) is 174 Å². The molecule has 8 aromatic carbocycles. The van der Waals surface area contributed by atoms with E-state index >= 15 is 0 Å². The summed E-state index contributed by atoms with van der Waals surface area (Å²) in [5, 5.41) is 2.72. The topological polar surface area (TPSA) is 9.72 Å². The monoisotopic (exact) mass is 1070 g/mol. The standard InChI is InChI=1S/C75H80BN3S/c1-69(2,3)46-25-22-26-50(37-46)77-61-40-48(71(7,8)9)27-30-57(61)76-58-31-34-65-66-53-38-49(29-33-64(53)80-65)73(13,14)55-44-60(52(43-54(55)72(10,11)12)45-23-18-17-19-24-45)78(68(58)66)63-42-51(41-62(77)67(63)76)79-59-32-28-47(70(4,5)6)39-56(59)74(15)35-20-21-36-75(74,79)16/h17-19,22-34,37-44H,20-21,35-36H2,1-16H3. The second-order valence-electron chi connectivity index (χ2n) is 29.8. The van der Waals surface area contributed by atoms with Gasteiger partial charge in [-0.3, -0.25) is 0 Å². The van der Waals surface area contributed by atoms with Crippen LogP contribution in [0.25, 0.3) is 31.3 Å². The van der Waals surface area contributed by atoms with Crippen LogP contribution in [0.15, 0.2) is 146 Å². The molecule has 9 aromatic rings. The van der Waals surface area contributed by atoms with Gasteiger partial charge >= 0.3 is 0 Å². The number of fused-ring (bicyclic) bond motifs is 11. The van der Waals surface area contributed by atoms with Crippen LogP contribution in [0.2, 0.25) is 0 Å². The molecule has 5 aliphatic rings. The molecular formula is C75H80BN3S. The van der Waals surface area contributed by atoms with E-state index in [4.69, 9.17) is 0 Å². The molecule has 0 radical (unpaired) electrons. The summed E-state index contributed by atoms with van der Waals surface area (Å²) in [6.45, 7) is 38.7. The van der Waals surface area contributed by atoms with Crippen molar-refractivity contribution in [2.75, 3.05) is 14.7 Å². The van der Waals surface area contributed by atoms with E-state index in [1.54, 1.807) is 0 Å². The molecule has 2 atom stereocenters. The molecule has 14 rings (SSSR count). The van der Waals surface area contributed by atoms with Crippen LogP contribution in [-0.2, 0) is 32.5 Å². The molecule has 5 heteroatoms. The molecule has 0 amide bonds. The van der Waals surface area contributed by atoms with E-state index in [0.29, 0.717) is 0 Å². The van der Waals surface area contributed by atoms with Crippen LogP contribution in [0.4, 0.5) is 45.5 Å². The highest BCUT2D eigenvalue weighted by atomic mass is 32.1. The lowest BCUT2D eigenvalue weighted by Crippen LogP contribution is -2.61. The van der Waals surface area contributed by atoms with Crippen molar-refractivity contribution in [2.24, 2.45) is 0 Å². The predicted molar refractivity (Wildman–Crippen MR) is 349 cm³/mol. The van der Waals surface area contributed by atoms with Crippen LogP contribution in [0.5, 0.6) is 0 Å². The Morgan fingerprint density at radius 2 is 1.12 bits per heavy atom. The van der Waals surface area contributed by atoms with Crippen molar-refractivity contribution in [1.29, 1.82) is 0 Å². The Kier molecular flexibility index (Phi) is 10.8. The van der Waals surface area contributed by atoms with E-state index in [-0.39, 0.29) is 44.7 Å². The lowest BCUT2D eigenvalue weighted by molar-refractivity contribution is 0.195. The van der Waals surface area contributed by atoms with E-state index in [0.717, 1.165) is 6.42 Å². The number of hydrogen-bond donors (Lipinski definition) is 0. The van der Waals surface area contributed by atoms with E-state index < -0.39 is 0 Å². The molecule has 1 saturated carbocycles. The Morgan fingerprint density at radius 1 is 0.475 bits per heavy atom. The Labute approximate surface area is 482 Å². The number of thiophene rings is 1. The average molecular weight is 1070 g/mol. The number of nitrogens with zero attached hydrogens (tertiary/aromatic N) is 3. The van der Waals surface area contributed by atoms with Gasteiger partial charge in [-0.1, -0.05) is 196 Å². The minimum atomic E-state index is -0.312. The minimum absolute atomic E-state index is 0.0249. The Morgan fingerprint density at radius 3 is 1.84 bits per heavy atom. The van der Waals surface area contributed by atoms with Crippen LogP contribution in [0.1, 0.15) is 175 Å². The third-order valence-electron chi connectivity index (χ3n) is 20.4. The molecule has 1 fully saturated rings. The lowest BCUT2D eigenvalue weighted by atomic mass is 9.33. The molecule has 0 N–H and O–H groups in total. The van der Waals surface area contributed by atoms with Crippen LogP contribution >= 0.6 is 11.3 Å². The lowest BCUT2D eigenvalue weighted by Gasteiger charge is -2.51. The van der Waals surface area contributed by atoms with Gasteiger partial charge in [0.2, 0.25) is 0 Å². The highest BCUT2D eigenvalue weighted by molar-refractivity contribution is 7.26. The van der Waals surface area contributed by atoms with Crippen molar-refractivity contribution in [1.82, 2.24) is 0 Å². The summed E-state index contributed by atoms with van der Waals surface area (Å²) in [5.74, 6) is 0. The van der Waals surface area contributed by atoms with E-state index in [2.05, 4.69) is 271 Å². The summed E-state index contributed by atoms with van der Waals surface area (Å²) < 4.78 is 2.67. The van der Waals surface area contributed by atoms with Gasteiger partial charge in [0.25, 0.3) is 6.71 Å². The van der Waals surface area contributed by atoms with Gasteiger partial charge in [-0.25, -0.2) is 0 Å². The van der Waals surface area contributed by atoms with Gasteiger partial charge in [0, 0.05) is 70.7 Å². The maximum atomic E-state index is 2.86. The number of rotatable bonds is 3. The molecule has 3 nitrogen and oxygen atoms in total. The van der Waals surface area contributed by atoms with Crippen molar-refractivity contribution in [3.05, 3.63) is 185 Å². The fourth-order valence-electron chi connectivity index (χ4n) is 15.5. The third kappa shape index (κ3) is 7.23. The zero-order valence-electron chi connectivity index (χ0n) is 50.5. The summed E-state index contributed by atoms with van der Waals surface area (Å²) >= 11 is 1.95. The predicted octanol–water partition coefficient (Wildman–Crippen LogP) is 19.4. The molecule has 5 heterocycles. The van der Waals surface area contributed by atoms with Crippen molar-refractivity contribution in [3.63, 3.8) is 0 Å². The van der Waals surface area contributed by atoms with Crippen molar-refractivity contribution < 1.29 is 0 Å². The highest BCUT2D eigenvalue weighted by Crippen LogP contribution is 2.63. The van der Waals surface area contributed by atoms with Crippen LogP contribution in [0, 0.1) is 0 Å². The second-order valence-corrected chi connectivity index (χ2v) is 30.9. The molecule has 2 unspecified atom stereocenters. The molecule has 404 valence electrons. The molecule has 1 aromatic heterocycles. The zero-order valence-corrected chi connectivity index (χ0v) is 51.3. The Bertz CT molecular complexity index is 4090. The summed E-state index contributed by atoms with van der Waals surface area (Å²) in [4.78, 5) is 8.38. The molecule has 0 saturated heterocycles. The van der Waals surface area contributed by atoms with Gasteiger partial charge in [-0.15, -0.1) is 11.3 Å². The van der Waals surface area contributed by atoms with E-state index in [1.165, 1.54) is 151 Å². The number of anilines is 8. The zero-order chi connectivity index (χ0) is 56.2. The third-order valence-corrected chi connectivity index (χ3v) is 21.5. The first-order chi connectivity index (χ1) is 37.7. The molecule has 4 aliphatic heterocycles. The van der Waals surface area contributed by atoms with Gasteiger partial charge < -0.3 is 14.7 Å². The molecule has 1 aliphatic carbocycles. The highest BCUT2D eigenvalue weighted by Gasteiger charge is 2.58. The first kappa shape index (κ1) is 51.6. The molecule has 80 heavy (non-hydrogen) atoms. The van der Waals surface area contributed by atoms with E-state index in [9.17, 15) is 0 Å². The fraction of sp³-hybridized carbons (Fsp3) is 0.360.